The van der Waals surface area contributed by atoms with Gasteiger partial charge < -0.3 is 10.2 Å². The van der Waals surface area contributed by atoms with Gasteiger partial charge in [0.2, 0.25) is 0 Å². The Kier molecular flexibility index (Phi) is 5.90. The molecule has 2 aromatic carbocycles. The Labute approximate surface area is 141 Å². The molecule has 0 bridgehead atoms. The van der Waals surface area contributed by atoms with E-state index in [4.69, 9.17) is 11.6 Å². The molecule has 0 saturated heterocycles. The summed E-state index contributed by atoms with van der Waals surface area (Å²) in [7, 11) is 1.94. The number of Topliss-reactive ketones (excluding diaryl/α,β-unsaturated/α-hetero) is 1. The van der Waals surface area contributed by atoms with Crippen molar-refractivity contribution in [3.63, 3.8) is 0 Å². The van der Waals surface area contributed by atoms with E-state index in [2.05, 4.69) is 5.32 Å². The van der Waals surface area contributed by atoms with Gasteiger partial charge in [-0.3, -0.25) is 9.59 Å². The highest BCUT2D eigenvalue weighted by Gasteiger charge is 2.14. The first-order chi connectivity index (χ1) is 11.0. The predicted molar refractivity (Wildman–Crippen MR) is 92.0 cm³/mol. The lowest BCUT2D eigenvalue weighted by Gasteiger charge is -2.15. The molecule has 120 valence electrons. The van der Waals surface area contributed by atoms with E-state index in [9.17, 15) is 9.59 Å². The Balaban J connectivity index is 1.96. The van der Waals surface area contributed by atoms with Crippen LogP contribution in [0.4, 0.5) is 5.69 Å². The van der Waals surface area contributed by atoms with Crippen LogP contribution >= 0.6 is 11.6 Å². The number of hydrogen-bond donors (Lipinski definition) is 2. The fourth-order valence-electron chi connectivity index (χ4n) is 2.43. The second-order valence-corrected chi connectivity index (χ2v) is 6.03. The van der Waals surface area contributed by atoms with Crippen molar-refractivity contribution < 1.29 is 14.5 Å². The SMILES string of the molecule is CC(=O)c1ccccc1NC(=O)C[NH+](C)Cc1cccc(Cl)c1. The van der Waals surface area contributed by atoms with Crippen molar-refractivity contribution in [2.45, 2.75) is 13.5 Å². The zero-order chi connectivity index (χ0) is 16.8. The summed E-state index contributed by atoms with van der Waals surface area (Å²) in [4.78, 5) is 24.8. The van der Waals surface area contributed by atoms with Crippen molar-refractivity contribution in [3.8, 4) is 0 Å². The normalized spacial score (nSPS) is 11.8. The summed E-state index contributed by atoms with van der Waals surface area (Å²) in [6.45, 7) is 2.49. The second kappa shape index (κ2) is 7.90. The van der Waals surface area contributed by atoms with E-state index in [1.54, 1.807) is 24.3 Å². The Hall–Kier alpha value is -2.17. The van der Waals surface area contributed by atoms with E-state index in [-0.39, 0.29) is 11.7 Å². The lowest BCUT2D eigenvalue weighted by Crippen LogP contribution is -3.08. The molecule has 5 heteroatoms. The minimum atomic E-state index is -0.127. The maximum absolute atomic E-state index is 12.2. The minimum absolute atomic E-state index is 0.0690. The number of anilines is 1. The van der Waals surface area contributed by atoms with Gasteiger partial charge in [0.1, 0.15) is 6.54 Å². The Morgan fingerprint density at radius 1 is 1.13 bits per heavy atom. The van der Waals surface area contributed by atoms with Crippen LogP contribution in [-0.4, -0.2) is 25.3 Å². The summed E-state index contributed by atoms with van der Waals surface area (Å²) in [5, 5.41) is 3.50. The van der Waals surface area contributed by atoms with E-state index >= 15 is 0 Å². The van der Waals surface area contributed by atoms with E-state index < -0.39 is 0 Å². The molecule has 0 spiro atoms. The van der Waals surface area contributed by atoms with Gasteiger partial charge in [0, 0.05) is 16.1 Å². The number of amides is 1. The van der Waals surface area contributed by atoms with Gasteiger partial charge in [-0.2, -0.15) is 0 Å². The molecule has 0 aliphatic carbocycles. The van der Waals surface area contributed by atoms with Crippen molar-refractivity contribution >= 4 is 29.0 Å². The van der Waals surface area contributed by atoms with Gasteiger partial charge in [0.05, 0.1) is 12.7 Å². The number of carbonyl (C=O) groups excluding carboxylic acids is 2. The number of benzene rings is 2. The van der Waals surface area contributed by atoms with Gasteiger partial charge in [-0.15, -0.1) is 0 Å². The van der Waals surface area contributed by atoms with Crippen LogP contribution in [0.1, 0.15) is 22.8 Å². The number of likely N-dealkylation sites (N-methyl/N-ethyl adjacent to an activating group) is 1. The molecule has 0 saturated carbocycles. The molecular formula is C18H20ClN2O2+. The first kappa shape index (κ1) is 17.2. The van der Waals surface area contributed by atoms with Crippen molar-refractivity contribution in [1.29, 1.82) is 0 Å². The third-order valence-electron chi connectivity index (χ3n) is 3.44. The third-order valence-corrected chi connectivity index (χ3v) is 3.67. The fraction of sp³-hybridized carbons (Fsp3) is 0.222. The average molecular weight is 332 g/mol. The summed E-state index contributed by atoms with van der Waals surface area (Å²) in [5.74, 6) is -0.196. The van der Waals surface area contributed by atoms with Crippen LogP contribution in [0.2, 0.25) is 5.02 Å². The van der Waals surface area contributed by atoms with Gasteiger partial charge in [-0.25, -0.2) is 0 Å². The molecule has 1 amide bonds. The van der Waals surface area contributed by atoms with Crippen LogP contribution in [0.5, 0.6) is 0 Å². The number of carbonyl (C=O) groups is 2. The molecular weight excluding hydrogens is 312 g/mol. The molecule has 0 aromatic heterocycles. The summed E-state index contributed by atoms with van der Waals surface area (Å²) < 4.78 is 0. The van der Waals surface area contributed by atoms with E-state index in [0.717, 1.165) is 10.5 Å². The molecule has 1 atom stereocenters. The zero-order valence-corrected chi connectivity index (χ0v) is 14.0. The third kappa shape index (κ3) is 5.20. The highest BCUT2D eigenvalue weighted by atomic mass is 35.5. The standard InChI is InChI=1S/C18H19ClN2O2/c1-13(22)16-8-3-4-9-17(16)20-18(23)12-21(2)11-14-6-5-7-15(19)10-14/h3-10H,11-12H2,1-2H3,(H,20,23)/p+1. The second-order valence-electron chi connectivity index (χ2n) is 5.59. The van der Waals surface area contributed by atoms with Crippen LogP contribution in [-0.2, 0) is 11.3 Å². The Morgan fingerprint density at radius 3 is 2.57 bits per heavy atom. The Bertz CT molecular complexity index is 716. The van der Waals surface area contributed by atoms with Crippen LogP contribution < -0.4 is 10.2 Å². The van der Waals surface area contributed by atoms with E-state index in [1.165, 1.54) is 6.92 Å². The molecule has 2 N–H and O–H groups in total. The summed E-state index contributed by atoms with van der Waals surface area (Å²) in [6.07, 6.45) is 0. The quantitative estimate of drug-likeness (QED) is 0.797. The van der Waals surface area contributed by atoms with Gasteiger partial charge in [-0.05, 0) is 31.2 Å². The van der Waals surface area contributed by atoms with Crippen molar-refractivity contribution in [1.82, 2.24) is 0 Å². The first-order valence-electron chi connectivity index (χ1n) is 7.41. The molecule has 23 heavy (non-hydrogen) atoms. The number of para-hydroxylation sites is 1. The molecule has 0 heterocycles. The molecule has 1 unspecified atom stereocenters. The molecule has 0 aliphatic rings. The lowest BCUT2D eigenvalue weighted by atomic mass is 10.1. The summed E-state index contributed by atoms with van der Waals surface area (Å²) >= 11 is 5.97. The smallest absolute Gasteiger partial charge is 0.279 e. The number of rotatable bonds is 6. The van der Waals surface area contributed by atoms with Crippen molar-refractivity contribution in [2.75, 3.05) is 18.9 Å². The van der Waals surface area contributed by atoms with E-state index in [1.807, 2.05) is 31.3 Å². The number of hydrogen-bond acceptors (Lipinski definition) is 2. The predicted octanol–water partition coefficient (Wildman–Crippen LogP) is 2.20. The maximum atomic E-state index is 12.2. The zero-order valence-electron chi connectivity index (χ0n) is 13.2. The van der Waals surface area contributed by atoms with E-state index in [0.29, 0.717) is 29.4 Å². The highest BCUT2D eigenvalue weighted by molar-refractivity contribution is 6.30. The highest BCUT2D eigenvalue weighted by Crippen LogP contribution is 2.15. The van der Waals surface area contributed by atoms with Crippen molar-refractivity contribution in [3.05, 3.63) is 64.7 Å². The molecule has 2 rings (SSSR count). The molecule has 4 nitrogen and oxygen atoms in total. The topological polar surface area (TPSA) is 50.6 Å². The summed E-state index contributed by atoms with van der Waals surface area (Å²) in [6, 6.07) is 14.6. The van der Waals surface area contributed by atoms with Gasteiger partial charge >= 0.3 is 0 Å². The number of quaternary nitrogens is 1. The molecule has 0 fully saturated rings. The number of nitrogens with one attached hydrogen (secondary N) is 2. The fourth-order valence-corrected chi connectivity index (χ4v) is 2.64. The van der Waals surface area contributed by atoms with Crippen LogP contribution in [0.15, 0.2) is 48.5 Å². The van der Waals surface area contributed by atoms with Gasteiger partial charge in [0.15, 0.2) is 12.3 Å². The van der Waals surface area contributed by atoms with Crippen LogP contribution in [0.25, 0.3) is 0 Å². The van der Waals surface area contributed by atoms with Crippen LogP contribution in [0.3, 0.4) is 0 Å². The Morgan fingerprint density at radius 2 is 1.87 bits per heavy atom. The largest absolute Gasteiger partial charge is 0.326 e. The monoisotopic (exact) mass is 331 g/mol. The molecule has 0 aliphatic heterocycles. The number of ketones is 1. The van der Waals surface area contributed by atoms with Gasteiger partial charge in [-0.1, -0.05) is 35.9 Å². The lowest BCUT2D eigenvalue weighted by molar-refractivity contribution is -0.885. The van der Waals surface area contributed by atoms with Gasteiger partial charge in [0.25, 0.3) is 5.91 Å². The maximum Gasteiger partial charge on any atom is 0.279 e. The average Bonchev–Trinajstić information content (AvgIpc) is 2.47. The molecule has 0 radical (unpaired) electrons. The number of halogens is 1. The minimum Gasteiger partial charge on any atom is -0.326 e. The first-order valence-corrected chi connectivity index (χ1v) is 7.79. The van der Waals surface area contributed by atoms with Crippen LogP contribution in [0, 0.1) is 0 Å². The summed E-state index contributed by atoms with van der Waals surface area (Å²) in [5.41, 5.74) is 2.15. The molecule has 2 aromatic rings. The van der Waals surface area contributed by atoms with Crippen molar-refractivity contribution in [2.24, 2.45) is 0 Å².